The molecule has 0 saturated carbocycles. The van der Waals surface area contributed by atoms with Gasteiger partial charge in [-0.1, -0.05) is 24.4 Å². The third kappa shape index (κ3) is 4.18. The highest BCUT2D eigenvalue weighted by Gasteiger charge is 2.19. The normalized spacial score (nSPS) is 14.9. The summed E-state index contributed by atoms with van der Waals surface area (Å²) in [6.45, 7) is 3.09. The number of hydrogen-bond acceptors (Lipinski definition) is 4. The minimum atomic E-state index is -0.208. The number of nitrogens with zero attached hydrogens (tertiary/aromatic N) is 1. The molecule has 2 N–H and O–H groups in total. The minimum absolute atomic E-state index is 0.208. The standard InChI is InChI=1S/C14H18N2O3S/c17-12-3-1-11(2-4-12)5-6-15-13(18)14(20)16-7-9-19-10-8-16/h1-4,17H,5-10H2,(H,15,18). The molecule has 0 aromatic heterocycles. The number of nitrogens with one attached hydrogen (secondary N) is 1. The summed E-state index contributed by atoms with van der Waals surface area (Å²) in [7, 11) is 0. The van der Waals surface area contributed by atoms with E-state index in [1.165, 1.54) is 0 Å². The van der Waals surface area contributed by atoms with Crippen molar-refractivity contribution in [1.82, 2.24) is 10.2 Å². The first kappa shape index (κ1) is 14.7. The number of carbonyl (C=O) groups is 1. The van der Waals surface area contributed by atoms with Crippen LogP contribution in [0.1, 0.15) is 5.56 Å². The summed E-state index contributed by atoms with van der Waals surface area (Å²) in [6, 6.07) is 6.94. The number of phenols is 1. The van der Waals surface area contributed by atoms with Crippen molar-refractivity contribution in [2.24, 2.45) is 0 Å². The lowest BCUT2D eigenvalue weighted by Gasteiger charge is -2.28. The van der Waals surface area contributed by atoms with Crippen LogP contribution in [-0.2, 0) is 16.0 Å². The lowest BCUT2D eigenvalue weighted by Crippen LogP contribution is -2.47. The first-order valence-electron chi connectivity index (χ1n) is 6.59. The molecule has 1 amide bonds. The molecule has 0 bridgehead atoms. The highest BCUT2D eigenvalue weighted by molar-refractivity contribution is 7.82. The Hall–Kier alpha value is -1.66. The number of ether oxygens (including phenoxy) is 1. The monoisotopic (exact) mass is 294 g/mol. The van der Waals surface area contributed by atoms with E-state index in [0.717, 1.165) is 5.56 Å². The second kappa shape index (κ2) is 7.21. The SMILES string of the molecule is O=C(NCCc1ccc(O)cc1)C(=S)N1CCOCC1. The van der Waals surface area contributed by atoms with Crippen LogP contribution < -0.4 is 5.32 Å². The maximum Gasteiger partial charge on any atom is 0.278 e. The molecule has 0 unspecified atom stereocenters. The first-order valence-corrected chi connectivity index (χ1v) is 7.00. The molecule has 1 heterocycles. The summed E-state index contributed by atoms with van der Waals surface area (Å²) in [5.41, 5.74) is 1.06. The molecular formula is C14H18N2O3S. The fourth-order valence-corrected chi connectivity index (χ4v) is 2.22. The van der Waals surface area contributed by atoms with Gasteiger partial charge in [0.1, 0.15) is 5.75 Å². The lowest BCUT2D eigenvalue weighted by molar-refractivity contribution is -0.115. The van der Waals surface area contributed by atoms with Gasteiger partial charge in [-0.2, -0.15) is 0 Å². The topological polar surface area (TPSA) is 61.8 Å². The van der Waals surface area contributed by atoms with E-state index in [2.05, 4.69) is 5.32 Å². The first-order chi connectivity index (χ1) is 9.66. The number of aromatic hydroxyl groups is 1. The average Bonchev–Trinajstić information content (AvgIpc) is 2.49. The summed E-state index contributed by atoms with van der Waals surface area (Å²) in [4.78, 5) is 14.1. The molecule has 20 heavy (non-hydrogen) atoms. The summed E-state index contributed by atoms with van der Waals surface area (Å²) in [5, 5.41) is 12.0. The predicted octanol–water partition coefficient (Wildman–Crippen LogP) is 0.710. The van der Waals surface area contributed by atoms with Gasteiger partial charge in [0.05, 0.1) is 13.2 Å². The van der Waals surface area contributed by atoms with Gasteiger partial charge in [-0.15, -0.1) is 0 Å². The van der Waals surface area contributed by atoms with Crippen molar-refractivity contribution in [1.29, 1.82) is 0 Å². The number of carbonyl (C=O) groups excluding carboxylic acids is 1. The zero-order valence-electron chi connectivity index (χ0n) is 11.2. The number of hydrogen-bond donors (Lipinski definition) is 2. The van der Waals surface area contributed by atoms with Gasteiger partial charge >= 0.3 is 0 Å². The summed E-state index contributed by atoms with van der Waals surface area (Å²) < 4.78 is 5.22. The van der Waals surface area contributed by atoms with Crippen LogP contribution in [0.25, 0.3) is 0 Å². The van der Waals surface area contributed by atoms with Crippen LogP contribution in [0.2, 0.25) is 0 Å². The van der Waals surface area contributed by atoms with Gasteiger partial charge in [0, 0.05) is 19.6 Å². The predicted molar refractivity (Wildman–Crippen MR) is 79.8 cm³/mol. The molecular weight excluding hydrogens is 276 g/mol. The van der Waals surface area contributed by atoms with Gasteiger partial charge in [0.2, 0.25) is 0 Å². The van der Waals surface area contributed by atoms with E-state index in [4.69, 9.17) is 17.0 Å². The maximum absolute atomic E-state index is 11.9. The number of phenolic OH excluding ortho intramolecular Hbond substituents is 1. The van der Waals surface area contributed by atoms with Gasteiger partial charge in [0.15, 0.2) is 4.99 Å². The zero-order valence-corrected chi connectivity index (χ0v) is 12.0. The molecule has 1 aliphatic heterocycles. The molecule has 1 aromatic rings. The van der Waals surface area contributed by atoms with Gasteiger partial charge in [0.25, 0.3) is 5.91 Å². The molecule has 6 heteroatoms. The molecule has 1 saturated heterocycles. The van der Waals surface area contributed by atoms with Crippen LogP contribution in [-0.4, -0.2) is 53.8 Å². The van der Waals surface area contributed by atoms with Crippen LogP contribution >= 0.6 is 12.2 Å². The molecule has 1 aromatic carbocycles. The average molecular weight is 294 g/mol. The van der Waals surface area contributed by atoms with Gasteiger partial charge in [-0.25, -0.2) is 0 Å². The molecule has 1 fully saturated rings. The van der Waals surface area contributed by atoms with Gasteiger partial charge in [-0.05, 0) is 24.1 Å². The number of morpholine rings is 1. The van der Waals surface area contributed by atoms with Crippen molar-refractivity contribution >= 4 is 23.1 Å². The van der Waals surface area contributed by atoms with Crippen LogP contribution in [0.5, 0.6) is 5.75 Å². The fraction of sp³-hybridized carbons (Fsp3) is 0.429. The van der Waals surface area contributed by atoms with Crippen LogP contribution in [0, 0.1) is 0 Å². The van der Waals surface area contributed by atoms with Crippen molar-refractivity contribution in [3.63, 3.8) is 0 Å². The Morgan fingerprint density at radius 2 is 1.95 bits per heavy atom. The van der Waals surface area contributed by atoms with E-state index in [1.54, 1.807) is 12.1 Å². The molecule has 0 spiro atoms. The highest BCUT2D eigenvalue weighted by Crippen LogP contribution is 2.09. The number of amides is 1. The van der Waals surface area contributed by atoms with Crippen LogP contribution in [0.3, 0.4) is 0 Å². The molecule has 5 nitrogen and oxygen atoms in total. The van der Waals surface area contributed by atoms with E-state index in [9.17, 15) is 9.90 Å². The van der Waals surface area contributed by atoms with Crippen LogP contribution in [0.4, 0.5) is 0 Å². The van der Waals surface area contributed by atoms with E-state index >= 15 is 0 Å². The van der Waals surface area contributed by atoms with Gasteiger partial charge in [-0.3, -0.25) is 4.79 Å². The smallest absolute Gasteiger partial charge is 0.278 e. The second-order valence-corrected chi connectivity index (χ2v) is 4.96. The van der Waals surface area contributed by atoms with Crippen molar-refractivity contribution in [2.45, 2.75) is 6.42 Å². The Kier molecular flexibility index (Phi) is 5.31. The highest BCUT2D eigenvalue weighted by atomic mass is 32.1. The zero-order chi connectivity index (χ0) is 14.4. The van der Waals surface area contributed by atoms with Gasteiger partial charge < -0.3 is 20.1 Å². The van der Waals surface area contributed by atoms with Crippen molar-refractivity contribution < 1.29 is 14.6 Å². The van der Waals surface area contributed by atoms with Crippen molar-refractivity contribution in [3.05, 3.63) is 29.8 Å². The third-order valence-electron chi connectivity index (χ3n) is 3.13. The van der Waals surface area contributed by atoms with Crippen molar-refractivity contribution in [2.75, 3.05) is 32.8 Å². The molecule has 0 atom stereocenters. The molecule has 2 rings (SSSR count). The largest absolute Gasteiger partial charge is 0.508 e. The Labute approximate surface area is 123 Å². The molecule has 108 valence electrons. The lowest BCUT2D eigenvalue weighted by atomic mass is 10.1. The Morgan fingerprint density at radius 1 is 1.30 bits per heavy atom. The fourth-order valence-electron chi connectivity index (χ4n) is 1.97. The Balaban J connectivity index is 1.74. The van der Waals surface area contributed by atoms with Crippen LogP contribution in [0.15, 0.2) is 24.3 Å². The molecule has 0 aliphatic carbocycles. The van der Waals surface area contributed by atoms with E-state index < -0.39 is 0 Å². The van der Waals surface area contributed by atoms with E-state index in [1.807, 2.05) is 17.0 Å². The number of thiocarbonyl (C=S) groups is 1. The summed E-state index contributed by atoms with van der Waals surface area (Å²) in [6.07, 6.45) is 0.706. The summed E-state index contributed by atoms with van der Waals surface area (Å²) in [5.74, 6) is 0.0342. The number of rotatable bonds is 3. The minimum Gasteiger partial charge on any atom is -0.508 e. The summed E-state index contributed by atoms with van der Waals surface area (Å²) >= 11 is 5.17. The van der Waals surface area contributed by atoms with E-state index in [-0.39, 0.29) is 11.7 Å². The second-order valence-electron chi connectivity index (χ2n) is 4.58. The quantitative estimate of drug-likeness (QED) is 0.804. The molecule has 1 aliphatic rings. The Bertz CT molecular complexity index is 470. The Morgan fingerprint density at radius 3 is 2.60 bits per heavy atom. The van der Waals surface area contributed by atoms with E-state index in [0.29, 0.717) is 44.3 Å². The van der Waals surface area contributed by atoms with Crippen molar-refractivity contribution in [3.8, 4) is 5.75 Å². The molecule has 0 radical (unpaired) electrons. The third-order valence-corrected chi connectivity index (χ3v) is 3.57. The maximum atomic E-state index is 11.9. The number of benzene rings is 1.